The van der Waals surface area contributed by atoms with E-state index in [-0.39, 0.29) is 11.4 Å². The first kappa shape index (κ1) is 10.1. The fourth-order valence-electron chi connectivity index (χ4n) is 1.39. The van der Waals surface area contributed by atoms with E-state index in [1.165, 1.54) is 11.3 Å². The van der Waals surface area contributed by atoms with Crippen LogP contribution in [-0.4, -0.2) is 16.4 Å². The number of aromatic nitrogens is 1. The molecule has 1 aliphatic rings. The Kier molecular flexibility index (Phi) is 2.23. The van der Waals surface area contributed by atoms with E-state index in [0.717, 1.165) is 10.7 Å². The lowest BCUT2D eigenvalue weighted by molar-refractivity contribution is 0.0933. The molecule has 0 saturated heterocycles. The van der Waals surface area contributed by atoms with E-state index in [1.807, 2.05) is 26.0 Å². The van der Waals surface area contributed by atoms with Crippen LogP contribution in [0.25, 0.3) is 12.2 Å². The normalized spacial score (nSPS) is 17.9. The molecule has 0 bridgehead atoms. The van der Waals surface area contributed by atoms with Crippen LogP contribution in [0.4, 0.5) is 0 Å². The maximum atomic E-state index is 11.8. The summed E-state index contributed by atoms with van der Waals surface area (Å²) in [7, 11) is 0. The zero-order chi connectivity index (χ0) is 11.1. The summed E-state index contributed by atoms with van der Waals surface area (Å²) in [6.07, 6.45) is 5.49. The maximum absolute atomic E-state index is 11.8. The van der Waals surface area contributed by atoms with Gasteiger partial charge in [-0.3, -0.25) is 4.79 Å². The van der Waals surface area contributed by atoms with Crippen molar-refractivity contribution in [1.82, 2.24) is 10.3 Å². The highest BCUT2D eigenvalue weighted by atomic mass is 32.1. The molecule has 0 aromatic carbocycles. The average molecular weight is 220 g/mol. The summed E-state index contributed by atoms with van der Waals surface area (Å²) in [5.41, 5.74) is 0.421. The fourth-order valence-corrected chi connectivity index (χ4v) is 2.19. The molecule has 1 N–H and O–H groups in total. The van der Waals surface area contributed by atoms with Crippen LogP contribution >= 0.6 is 11.3 Å². The molecule has 78 valence electrons. The Morgan fingerprint density at radius 3 is 3.00 bits per heavy atom. The van der Waals surface area contributed by atoms with Crippen LogP contribution in [0.2, 0.25) is 0 Å². The summed E-state index contributed by atoms with van der Waals surface area (Å²) in [5, 5.41) is 3.70. The number of hydrogen-bond donors (Lipinski definition) is 1. The van der Waals surface area contributed by atoms with Crippen LogP contribution in [0.5, 0.6) is 0 Å². The predicted molar refractivity (Wildman–Crippen MR) is 62.8 cm³/mol. The molecule has 15 heavy (non-hydrogen) atoms. The Morgan fingerprint density at radius 2 is 2.33 bits per heavy atom. The largest absolute Gasteiger partial charge is 0.343 e. The molecule has 0 aliphatic carbocycles. The number of hydrogen-bond acceptors (Lipinski definition) is 3. The van der Waals surface area contributed by atoms with Gasteiger partial charge in [0.15, 0.2) is 0 Å². The first-order valence-corrected chi connectivity index (χ1v) is 5.48. The molecule has 0 atom stereocenters. The van der Waals surface area contributed by atoms with Crippen molar-refractivity contribution in [3.8, 4) is 0 Å². The Bertz CT molecular complexity index is 457. The molecule has 1 aromatic heterocycles. The van der Waals surface area contributed by atoms with Gasteiger partial charge in [0.2, 0.25) is 0 Å². The highest BCUT2D eigenvalue weighted by Gasteiger charge is 2.25. The Balaban J connectivity index is 2.51. The average Bonchev–Trinajstić information content (AvgIpc) is 2.53. The highest BCUT2D eigenvalue weighted by Crippen LogP contribution is 2.25. The van der Waals surface area contributed by atoms with E-state index < -0.39 is 0 Å². The van der Waals surface area contributed by atoms with Gasteiger partial charge >= 0.3 is 0 Å². The SMILES string of the molecule is C=Cc1nc2c(s1)C(=O)NC(C)(C)C=C2. The minimum absolute atomic E-state index is 0.0643. The molecular formula is C11H12N2OS. The van der Waals surface area contributed by atoms with Crippen molar-refractivity contribution in [1.29, 1.82) is 0 Å². The summed E-state index contributed by atoms with van der Waals surface area (Å²) in [6.45, 7) is 7.55. The van der Waals surface area contributed by atoms with Gasteiger partial charge in [-0.05, 0) is 26.0 Å². The lowest BCUT2D eigenvalue weighted by atomic mass is 10.1. The summed E-state index contributed by atoms with van der Waals surface area (Å²) in [4.78, 5) is 16.8. The first-order valence-electron chi connectivity index (χ1n) is 4.67. The molecule has 2 rings (SSSR count). The zero-order valence-corrected chi connectivity index (χ0v) is 9.52. The predicted octanol–water partition coefficient (Wildman–Crippen LogP) is 2.32. The van der Waals surface area contributed by atoms with Crippen LogP contribution in [0.1, 0.15) is 34.2 Å². The molecule has 0 unspecified atom stereocenters. The molecule has 3 nitrogen and oxygen atoms in total. The van der Waals surface area contributed by atoms with Gasteiger partial charge in [-0.1, -0.05) is 12.7 Å². The number of rotatable bonds is 1. The van der Waals surface area contributed by atoms with Gasteiger partial charge in [0.25, 0.3) is 5.91 Å². The van der Waals surface area contributed by atoms with E-state index in [9.17, 15) is 4.79 Å². The smallest absolute Gasteiger partial charge is 0.264 e. The second-order valence-electron chi connectivity index (χ2n) is 3.98. The van der Waals surface area contributed by atoms with Crippen molar-refractivity contribution < 1.29 is 4.79 Å². The summed E-state index contributed by atoms with van der Waals surface area (Å²) < 4.78 is 0. The fraction of sp³-hybridized carbons (Fsp3) is 0.273. The topological polar surface area (TPSA) is 42.0 Å². The van der Waals surface area contributed by atoms with Crippen LogP contribution in [-0.2, 0) is 0 Å². The third-order valence-corrected chi connectivity index (χ3v) is 3.21. The van der Waals surface area contributed by atoms with Crippen LogP contribution < -0.4 is 5.32 Å². The van der Waals surface area contributed by atoms with Gasteiger partial charge in [0, 0.05) is 0 Å². The van der Waals surface area contributed by atoms with Crippen molar-refractivity contribution in [3.05, 3.63) is 28.2 Å². The number of carbonyl (C=O) groups excluding carboxylic acids is 1. The molecule has 0 spiro atoms. The minimum Gasteiger partial charge on any atom is -0.343 e. The van der Waals surface area contributed by atoms with Gasteiger partial charge in [0.1, 0.15) is 9.88 Å². The number of nitrogens with one attached hydrogen (secondary N) is 1. The van der Waals surface area contributed by atoms with Gasteiger partial charge in [-0.25, -0.2) is 4.98 Å². The van der Waals surface area contributed by atoms with Gasteiger partial charge in [-0.2, -0.15) is 0 Å². The molecule has 0 saturated carbocycles. The lowest BCUT2D eigenvalue weighted by Gasteiger charge is -2.19. The molecule has 1 aliphatic heterocycles. The molecule has 1 aromatic rings. The third kappa shape index (κ3) is 1.85. The Morgan fingerprint density at radius 1 is 1.60 bits per heavy atom. The summed E-state index contributed by atoms with van der Waals surface area (Å²) in [6, 6.07) is 0. The molecular weight excluding hydrogens is 208 g/mol. The highest BCUT2D eigenvalue weighted by molar-refractivity contribution is 7.14. The van der Waals surface area contributed by atoms with E-state index >= 15 is 0 Å². The minimum atomic E-state index is -0.314. The Hall–Kier alpha value is -1.42. The zero-order valence-electron chi connectivity index (χ0n) is 8.70. The van der Waals surface area contributed by atoms with Crippen LogP contribution in [0.3, 0.4) is 0 Å². The molecule has 4 heteroatoms. The second kappa shape index (κ2) is 3.31. The van der Waals surface area contributed by atoms with Gasteiger partial charge in [0.05, 0.1) is 11.2 Å². The van der Waals surface area contributed by atoms with Crippen molar-refractivity contribution >= 4 is 29.4 Å². The third-order valence-electron chi connectivity index (χ3n) is 2.14. The van der Waals surface area contributed by atoms with Crippen LogP contribution in [0, 0.1) is 0 Å². The van der Waals surface area contributed by atoms with Crippen molar-refractivity contribution in [2.75, 3.05) is 0 Å². The van der Waals surface area contributed by atoms with Gasteiger partial charge < -0.3 is 5.32 Å². The standard InChI is InChI=1S/C11H12N2OS/c1-4-8-12-7-5-6-11(2,3)13-10(14)9(7)15-8/h4-6H,1H2,2-3H3,(H,13,14). The molecule has 0 radical (unpaired) electrons. The monoisotopic (exact) mass is 220 g/mol. The first-order chi connectivity index (χ1) is 7.02. The molecule has 0 fully saturated rings. The second-order valence-corrected chi connectivity index (χ2v) is 5.01. The maximum Gasteiger partial charge on any atom is 0.264 e. The lowest BCUT2D eigenvalue weighted by Crippen LogP contribution is -2.40. The van der Waals surface area contributed by atoms with E-state index in [4.69, 9.17) is 0 Å². The number of thiazole rings is 1. The van der Waals surface area contributed by atoms with E-state index in [2.05, 4.69) is 16.9 Å². The number of amides is 1. The van der Waals surface area contributed by atoms with Crippen molar-refractivity contribution in [2.45, 2.75) is 19.4 Å². The number of carbonyl (C=O) groups is 1. The summed E-state index contributed by atoms with van der Waals surface area (Å²) >= 11 is 1.37. The van der Waals surface area contributed by atoms with Crippen molar-refractivity contribution in [3.63, 3.8) is 0 Å². The van der Waals surface area contributed by atoms with E-state index in [1.54, 1.807) is 6.08 Å². The van der Waals surface area contributed by atoms with Gasteiger partial charge in [-0.15, -0.1) is 11.3 Å². The van der Waals surface area contributed by atoms with Crippen molar-refractivity contribution in [2.24, 2.45) is 0 Å². The number of nitrogens with zero attached hydrogens (tertiary/aromatic N) is 1. The Labute approximate surface area is 92.5 Å². The quantitative estimate of drug-likeness (QED) is 0.789. The molecule has 2 heterocycles. The van der Waals surface area contributed by atoms with Crippen LogP contribution in [0.15, 0.2) is 12.7 Å². The number of fused-ring (bicyclic) bond motifs is 1. The molecule has 1 amide bonds. The van der Waals surface area contributed by atoms with E-state index in [0.29, 0.717) is 4.88 Å². The summed E-state index contributed by atoms with van der Waals surface area (Å²) in [5.74, 6) is -0.0643.